The minimum absolute atomic E-state index is 0.120. The normalized spacial score (nSPS) is 27.1. The third-order valence-electron chi connectivity index (χ3n) is 4.47. The average Bonchev–Trinajstić information content (AvgIpc) is 2.54. The SMILES string of the molecule is C[C@]12NC(=S)N[C@@H](c3ccccc3O1)[C@@H]2C(=O)Nc1ccccc1. The highest BCUT2D eigenvalue weighted by atomic mass is 32.1. The van der Waals surface area contributed by atoms with Crippen LogP contribution in [0.1, 0.15) is 18.5 Å². The first-order chi connectivity index (χ1) is 11.6. The number of fused-ring (bicyclic) bond motifs is 4. The fourth-order valence-electron chi connectivity index (χ4n) is 3.43. The van der Waals surface area contributed by atoms with E-state index in [0.29, 0.717) is 5.11 Å². The topological polar surface area (TPSA) is 62.4 Å². The van der Waals surface area contributed by atoms with Gasteiger partial charge >= 0.3 is 0 Å². The van der Waals surface area contributed by atoms with E-state index in [1.54, 1.807) is 0 Å². The Hall–Kier alpha value is -2.60. The van der Waals surface area contributed by atoms with E-state index in [0.717, 1.165) is 17.0 Å². The highest BCUT2D eigenvalue weighted by Crippen LogP contribution is 2.44. The highest BCUT2D eigenvalue weighted by molar-refractivity contribution is 7.80. The van der Waals surface area contributed by atoms with Crippen molar-refractivity contribution in [2.75, 3.05) is 5.32 Å². The molecule has 0 saturated carbocycles. The van der Waals surface area contributed by atoms with Gasteiger partial charge in [0.25, 0.3) is 0 Å². The van der Waals surface area contributed by atoms with Crippen LogP contribution in [0, 0.1) is 5.92 Å². The summed E-state index contributed by atoms with van der Waals surface area (Å²) in [5, 5.41) is 9.80. The molecule has 5 nitrogen and oxygen atoms in total. The lowest BCUT2D eigenvalue weighted by Crippen LogP contribution is -2.70. The number of rotatable bonds is 2. The molecule has 4 rings (SSSR count). The first kappa shape index (κ1) is 15.0. The summed E-state index contributed by atoms with van der Waals surface area (Å²) in [7, 11) is 0. The van der Waals surface area contributed by atoms with Gasteiger partial charge in [-0.1, -0.05) is 36.4 Å². The Kier molecular flexibility index (Phi) is 3.42. The predicted molar refractivity (Wildman–Crippen MR) is 95.6 cm³/mol. The Morgan fingerprint density at radius 1 is 1.17 bits per heavy atom. The van der Waals surface area contributed by atoms with E-state index in [-0.39, 0.29) is 11.9 Å². The van der Waals surface area contributed by atoms with Gasteiger partial charge < -0.3 is 20.7 Å². The molecule has 2 bridgehead atoms. The Bertz CT molecular complexity index is 811. The molecule has 1 saturated heterocycles. The van der Waals surface area contributed by atoms with E-state index < -0.39 is 11.6 Å². The van der Waals surface area contributed by atoms with Gasteiger partial charge in [0.1, 0.15) is 11.7 Å². The predicted octanol–water partition coefficient (Wildman–Crippen LogP) is 2.57. The number of carbonyl (C=O) groups excluding carboxylic acids is 1. The molecule has 2 aliphatic rings. The van der Waals surface area contributed by atoms with Crippen LogP contribution in [0.3, 0.4) is 0 Å². The minimum Gasteiger partial charge on any atom is -0.467 e. The van der Waals surface area contributed by atoms with Crippen molar-refractivity contribution in [1.29, 1.82) is 0 Å². The van der Waals surface area contributed by atoms with Crippen molar-refractivity contribution in [3.05, 3.63) is 60.2 Å². The fraction of sp³-hybridized carbons (Fsp3) is 0.222. The van der Waals surface area contributed by atoms with Crippen LogP contribution >= 0.6 is 12.2 Å². The van der Waals surface area contributed by atoms with Gasteiger partial charge in [-0.3, -0.25) is 4.79 Å². The molecule has 2 aromatic rings. The van der Waals surface area contributed by atoms with Crippen LogP contribution in [0.2, 0.25) is 0 Å². The summed E-state index contributed by atoms with van der Waals surface area (Å²) in [4.78, 5) is 13.0. The molecule has 0 radical (unpaired) electrons. The first-order valence-corrected chi connectivity index (χ1v) is 8.20. The monoisotopic (exact) mass is 339 g/mol. The van der Waals surface area contributed by atoms with Gasteiger partial charge in [0.05, 0.1) is 6.04 Å². The maximum atomic E-state index is 13.0. The summed E-state index contributed by atoms with van der Waals surface area (Å²) in [6.45, 7) is 1.86. The molecule has 24 heavy (non-hydrogen) atoms. The van der Waals surface area contributed by atoms with Crippen molar-refractivity contribution in [2.24, 2.45) is 5.92 Å². The minimum atomic E-state index is -0.903. The van der Waals surface area contributed by atoms with E-state index in [1.165, 1.54) is 0 Å². The lowest BCUT2D eigenvalue weighted by molar-refractivity contribution is -0.132. The van der Waals surface area contributed by atoms with Crippen LogP contribution in [0.4, 0.5) is 5.69 Å². The lowest BCUT2D eigenvalue weighted by atomic mass is 9.80. The maximum Gasteiger partial charge on any atom is 0.236 e. The van der Waals surface area contributed by atoms with Crippen molar-refractivity contribution in [3.8, 4) is 5.75 Å². The van der Waals surface area contributed by atoms with E-state index >= 15 is 0 Å². The number of para-hydroxylation sites is 2. The number of amides is 1. The molecule has 2 heterocycles. The van der Waals surface area contributed by atoms with Crippen molar-refractivity contribution in [2.45, 2.75) is 18.7 Å². The molecule has 6 heteroatoms. The molecule has 0 aromatic heterocycles. The van der Waals surface area contributed by atoms with Crippen LogP contribution in [-0.2, 0) is 4.79 Å². The largest absolute Gasteiger partial charge is 0.467 e. The lowest BCUT2D eigenvalue weighted by Gasteiger charge is -2.50. The number of ether oxygens (including phenoxy) is 1. The molecule has 1 amide bonds. The van der Waals surface area contributed by atoms with Gasteiger partial charge in [-0.05, 0) is 37.3 Å². The summed E-state index contributed by atoms with van der Waals surface area (Å²) in [5.74, 6) is 0.168. The number of carbonyl (C=O) groups is 1. The molecule has 2 aliphatic heterocycles. The summed E-state index contributed by atoms with van der Waals surface area (Å²) in [5.41, 5.74) is 0.790. The van der Waals surface area contributed by atoms with Crippen LogP contribution in [0.25, 0.3) is 0 Å². The third kappa shape index (κ3) is 2.39. The zero-order valence-corrected chi connectivity index (χ0v) is 13.9. The second kappa shape index (κ2) is 5.49. The summed E-state index contributed by atoms with van der Waals surface area (Å²) >= 11 is 5.30. The zero-order valence-electron chi connectivity index (χ0n) is 13.1. The van der Waals surface area contributed by atoms with E-state index in [9.17, 15) is 4.79 Å². The summed E-state index contributed by atoms with van der Waals surface area (Å²) in [6.07, 6.45) is 0. The van der Waals surface area contributed by atoms with Gasteiger partial charge in [-0.2, -0.15) is 0 Å². The number of anilines is 1. The summed E-state index contributed by atoms with van der Waals surface area (Å²) < 4.78 is 6.13. The van der Waals surface area contributed by atoms with Gasteiger partial charge in [0.2, 0.25) is 5.91 Å². The van der Waals surface area contributed by atoms with Gasteiger partial charge in [-0.25, -0.2) is 0 Å². The van der Waals surface area contributed by atoms with Gasteiger partial charge in [0, 0.05) is 11.3 Å². The highest BCUT2D eigenvalue weighted by Gasteiger charge is 2.54. The molecular weight excluding hydrogens is 322 g/mol. The Balaban J connectivity index is 1.72. The zero-order chi connectivity index (χ0) is 16.7. The number of thiocarbonyl (C=S) groups is 1. The molecule has 0 unspecified atom stereocenters. The van der Waals surface area contributed by atoms with Gasteiger partial charge in [-0.15, -0.1) is 0 Å². The number of hydrogen-bond donors (Lipinski definition) is 3. The van der Waals surface area contributed by atoms with Crippen LogP contribution in [-0.4, -0.2) is 16.7 Å². The number of hydrogen-bond acceptors (Lipinski definition) is 3. The molecule has 122 valence electrons. The Morgan fingerprint density at radius 3 is 2.67 bits per heavy atom. The standard InChI is InChI=1S/C18H17N3O2S/c1-18-14(16(22)19-11-7-3-2-4-8-11)15(20-17(24)21-18)12-9-5-6-10-13(12)23-18/h2-10,14-15H,1H3,(H,19,22)(H2,20,21,24)/t14-,15+,18+/m1/s1. The molecular formula is C18H17N3O2S. The van der Waals surface area contributed by atoms with Gasteiger partial charge in [0.15, 0.2) is 10.8 Å². The van der Waals surface area contributed by atoms with Crippen LogP contribution in [0.5, 0.6) is 5.75 Å². The van der Waals surface area contributed by atoms with Crippen molar-refractivity contribution in [3.63, 3.8) is 0 Å². The smallest absolute Gasteiger partial charge is 0.236 e. The van der Waals surface area contributed by atoms with Crippen LogP contribution < -0.4 is 20.7 Å². The molecule has 0 spiro atoms. The van der Waals surface area contributed by atoms with Crippen molar-refractivity contribution < 1.29 is 9.53 Å². The average molecular weight is 339 g/mol. The second-order valence-electron chi connectivity index (χ2n) is 6.16. The third-order valence-corrected chi connectivity index (χ3v) is 4.69. The van der Waals surface area contributed by atoms with Crippen LogP contribution in [0.15, 0.2) is 54.6 Å². The molecule has 0 aliphatic carbocycles. The van der Waals surface area contributed by atoms with Crippen molar-refractivity contribution in [1.82, 2.24) is 10.6 Å². The van der Waals surface area contributed by atoms with E-state index in [2.05, 4.69) is 16.0 Å². The Morgan fingerprint density at radius 2 is 1.88 bits per heavy atom. The first-order valence-electron chi connectivity index (χ1n) is 7.79. The second-order valence-corrected chi connectivity index (χ2v) is 6.56. The number of nitrogens with one attached hydrogen (secondary N) is 3. The number of benzene rings is 2. The molecule has 1 fully saturated rings. The molecule has 2 aromatic carbocycles. The van der Waals surface area contributed by atoms with E-state index in [1.807, 2.05) is 61.5 Å². The summed E-state index contributed by atoms with van der Waals surface area (Å²) in [6, 6.07) is 16.9. The maximum absolute atomic E-state index is 13.0. The molecule has 3 atom stereocenters. The Labute approximate surface area is 145 Å². The molecule has 3 N–H and O–H groups in total. The van der Waals surface area contributed by atoms with E-state index in [4.69, 9.17) is 17.0 Å². The fourth-order valence-corrected chi connectivity index (χ4v) is 3.76. The van der Waals surface area contributed by atoms with Crippen molar-refractivity contribution >= 4 is 28.9 Å². The quantitative estimate of drug-likeness (QED) is 0.734.